The first-order chi connectivity index (χ1) is 18.3. The summed E-state index contributed by atoms with van der Waals surface area (Å²) in [6.45, 7) is 3.50. The van der Waals surface area contributed by atoms with Crippen LogP contribution in [0.25, 0.3) is 22.5 Å². The molecule has 1 aliphatic carbocycles. The molecule has 1 aliphatic rings. The summed E-state index contributed by atoms with van der Waals surface area (Å²) in [5.41, 5.74) is 4.95. The van der Waals surface area contributed by atoms with Crippen LogP contribution in [-0.4, -0.2) is 24.3 Å². The molecule has 8 heteroatoms. The van der Waals surface area contributed by atoms with Gasteiger partial charge in [-0.25, -0.2) is 4.79 Å². The van der Waals surface area contributed by atoms with E-state index in [1.165, 1.54) is 7.11 Å². The quantitative estimate of drug-likeness (QED) is 0.249. The molecule has 0 radical (unpaired) electrons. The summed E-state index contributed by atoms with van der Waals surface area (Å²) in [4.78, 5) is 24.8. The molecule has 1 aromatic heterocycles. The Morgan fingerprint density at radius 3 is 2.18 bits per heavy atom. The molecule has 1 amide bonds. The first kappa shape index (κ1) is 25.5. The van der Waals surface area contributed by atoms with Gasteiger partial charge in [0, 0.05) is 16.1 Å². The Morgan fingerprint density at radius 1 is 0.974 bits per heavy atom. The van der Waals surface area contributed by atoms with E-state index in [-0.39, 0.29) is 5.97 Å². The molecule has 1 fully saturated rings. The highest BCUT2D eigenvalue weighted by Crippen LogP contribution is 2.49. The molecule has 0 unspecified atom stereocenters. The van der Waals surface area contributed by atoms with Crippen molar-refractivity contribution in [3.8, 4) is 22.5 Å². The van der Waals surface area contributed by atoms with Crippen LogP contribution in [0, 0.1) is 6.92 Å². The van der Waals surface area contributed by atoms with Gasteiger partial charge in [-0.1, -0.05) is 83.5 Å². The molecule has 7 nitrogen and oxygen atoms in total. The van der Waals surface area contributed by atoms with Gasteiger partial charge >= 0.3 is 12.1 Å². The van der Waals surface area contributed by atoms with Gasteiger partial charge in [-0.3, -0.25) is 10.1 Å². The number of amides is 1. The molecule has 4 aromatic rings. The van der Waals surface area contributed by atoms with Gasteiger partial charge in [-0.15, -0.1) is 0 Å². The van der Waals surface area contributed by atoms with Crippen molar-refractivity contribution in [3.63, 3.8) is 0 Å². The van der Waals surface area contributed by atoms with Crippen molar-refractivity contribution in [2.45, 2.75) is 38.2 Å². The number of hydrogen-bond acceptors (Lipinski definition) is 6. The summed E-state index contributed by atoms with van der Waals surface area (Å²) in [5.74, 6) is 0.254. The van der Waals surface area contributed by atoms with Crippen LogP contribution < -0.4 is 5.32 Å². The zero-order chi connectivity index (χ0) is 26.9. The molecular formula is C30H27ClN2O5. The number of ether oxygens (including phenoxy) is 2. The highest BCUT2D eigenvalue weighted by Gasteiger charge is 2.52. The zero-order valence-corrected chi connectivity index (χ0v) is 22.0. The fourth-order valence-corrected chi connectivity index (χ4v) is 4.89. The van der Waals surface area contributed by atoms with Crippen molar-refractivity contribution >= 4 is 29.4 Å². The van der Waals surface area contributed by atoms with Crippen LogP contribution in [0.5, 0.6) is 0 Å². The molecular weight excluding hydrogens is 504 g/mol. The van der Waals surface area contributed by atoms with E-state index < -0.39 is 17.6 Å². The molecule has 1 atom stereocenters. The maximum absolute atomic E-state index is 12.7. The van der Waals surface area contributed by atoms with Crippen LogP contribution in [0.2, 0.25) is 5.02 Å². The topological polar surface area (TPSA) is 90.7 Å². The predicted molar refractivity (Wildman–Crippen MR) is 145 cm³/mol. The second-order valence-electron chi connectivity index (χ2n) is 9.39. The number of halogens is 1. The molecule has 194 valence electrons. The minimum absolute atomic E-state index is 0.177. The largest absolute Gasteiger partial charge is 0.468 e. The van der Waals surface area contributed by atoms with E-state index in [0.717, 1.165) is 35.1 Å². The number of rotatable bonds is 7. The van der Waals surface area contributed by atoms with Crippen molar-refractivity contribution in [1.29, 1.82) is 0 Å². The Kier molecular flexibility index (Phi) is 6.95. The third-order valence-corrected chi connectivity index (χ3v) is 7.31. The summed E-state index contributed by atoms with van der Waals surface area (Å²) in [7, 11) is 1.43. The van der Waals surface area contributed by atoms with Gasteiger partial charge in [0.05, 0.1) is 12.5 Å². The lowest BCUT2D eigenvalue weighted by molar-refractivity contribution is -0.143. The number of aryl methyl sites for hydroxylation is 1. The molecule has 5 rings (SSSR count). The van der Waals surface area contributed by atoms with Crippen LogP contribution in [0.1, 0.15) is 42.7 Å². The Balaban J connectivity index is 1.30. The van der Waals surface area contributed by atoms with Gasteiger partial charge in [0.2, 0.25) is 0 Å². The SMILES string of the molecule is COC(=O)C1(c2ccc(-c3ccc(-c4onc(C)c4NC(=O)O[C@H](C)c4ccccc4Cl)cc3)cc2)CC1. The molecule has 0 spiro atoms. The highest BCUT2D eigenvalue weighted by atomic mass is 35.5. The lowest BCUT2D eigenvalue weighted by Gasteiger charge is -2.15. The van der Waals surface area contributed by atoms with Crippen molar-refractivity contribution in [3.05, 3.63) is 94.6 Å². The number of hydrogen-bond donors (Lipinski definition) is 1. The van der Waals surface area contributed by atoms with E-state index in [4.69, 9.17) is 25.6 Å². The first-order valence-electron chi connectivity index (χ1n) is 12.3. The third-order valence-electron chi connectivity index (χ3n) is 6.96. The molecule has 3 aromatic carbocycles. The number of nitrogens with zero attached hydrogens (tertiary/aromatic N) is 1. The van der Waals surface area contributed by atoms with Gasteiger partial charge in [0.15, 0.2) is 5.76 Å². The lowest BCUT2D eigenvalue weighted by Crippen LogP contribution is -2.21. The van der Waals surface area contributed by atoms with Gasteiger partial charge in [-0.05, 0) is 49.4 Å². The van der Waals surface area contributed by atoms with Crippen LogP contribution >= 0.6 is 11.6 Å². The van der Waals surface area contributed by atoms with E-state index in [2.05, 4.69) is 10.5 Å². The van der Waals surface area contributed by atoms with Gasteiger partial charge < -0.3 is 14.0 Å². The Labute approximate surface area is 225 Å². The van der Waals surface area contributed by atoms with Crippen LogP contribution in [0.4, 0.5) is 10.5 Å². The molecule has 1 saturated carbocycles. The standard InChI is InChI=1S/C30H27ClN2O5/c1-18-26(32-29(35)37-19(2)24-6-4-5-7-25(24)31)27(38-33-18)22-10-8-20(9-11-22)21-12-14-23(15-13-21)30(16-17-30)28(34)36-3/h4-15,19H,16-17H2,1-3H3,(H,32,35)/t19-/m1/s1. The Morgan fingerprint density at radius 2 is 1.58 bits per heavy atom. The van der Waals surface area contributed by atoms with Crippen molar-refractivity contribution in [2.24, 2.45) is 0 Å². The Bertz CT molecular complexity index is 1470. The summed E-state index contributed by atoms with van der Waals surface area (Å²) in [6, 6.07) is 23.0. The van der Waals surface area contributed by atoms with Crippen molar-refractivity contribution in [2.75, 3.05) is 12.4 Å². The molecule has 0 aliphatic heterocycles. The average molecular weight is 531 g/mol. The lowest BCUT2D eigenvalue weighted by atomic mass is 9.93. The minimum Gasteiger partial charge on any atom is -0.468 e. The smallest absolute Gasteiger partial charge is 0.412 e. The number of aromatic nitrogens is 1. The van der Waals surface area contributed by atoms with Crippen LogP contribution in [-0.2, 0) is 19.7 Å². The maximum atomic E-state index is 12.7. The van der Waals surface area contributed by atoms with Crippen LogP contribution in [0.3, 0.4) is 0 Å². The molecule has 1 N–H and O–H groups in total. The second kappa shape index (κ2) is 10.3. The molecule has 0 saturated heterocycles. The van der Waals surface area contributed by atoms with Gasteiger partial charge in [0.1, 0.15) is 17.5 Å². The number of carbonyl (C=O) groups excluding carboxylic acids is 2. The van der Waals surface area contributed by atoms with E-state index in [0.29, 0.717) is 27.7 Å². The molecule has 38 heavy (non-hydrogen) atoms. The molecule has 1 heterocycles. The monoisotopic (exact) mass is 530 g/mol. The van der Waals surface area contributed by atoms with E-state index in [9.17, 15) is 9.59 Å². The van der Waals surface area contributed by atoms with E-state index >= 15 is 0 Å². The van der Waals surface area contributed by atoms with Crippen molar-refractivity contribution < 1.29 is 23.6 Å². The fraction of sp³-hybridized carbons (Fsp3) is 0.233. The number of esters is 1. The molecule has 0 bridgehead atoms. The number of carbonyl (C=O) groups is 2. The number of nitrogens with one attached hydrogen (secondary N) is 1. The number of benzene rings is 3. The normalized spacial score (nSPS) is 14.4. The van der Waals surface area contributed by atoms with Crippen molar-refractivity contribution in [1.82, 2.24) is 5.16 Å². The van der Waals surface area contributed by atoms with Gasteiger partial charge in [0.25, 0.3) is 0 Å². The maximum Gasteiger partial charge on any atom is 0.412 e. The second-order valence-corrected chi connectivity index (χ2v) is 9.80. The predicted octanol–water partition coefficient (Wildman–Crippen LogP) is 7.48. The summed E-state index contributed by atoms with van der Waals surface area (Å²) in [5, 5.41) is 7.33. The highest BCUT2D eigenvalue weighted by molar-refractivity contribution is 6.31. The van der Waals surface area contributed by atoms with Gasteiger partial charge in [-0.2, -0.15) is 0 Å². The number of methoxy groups -OCH3 is 1. The Hall–Kier alpha value is -4.10. The fourth-order valence-electron chi connectivity index (χ4n) is 4.60. The first-order valence-corrected chi connectivity index (χ1v) is 12.7. The third kappa shape index (κ3) is 4.89. The minimum atomic E-state index is -0.637. The van der Waals surface area contributed by atoms with E-state index in [1.54, 1.807) is 19.9 Å². The summed E-state index contributed by atoms with van der Waals surface area (Å²) in [6.07, 6.45) is 0.447. The van der Waals surface area contributed by atoms with E-state index in [1.807, 2.05) is 66.7 Å². The van der Waals surface area contributed by atoms with Crippen LogP contribution in [0.15, 0.2) is 77.3 Å². The summed E-state index contributed by atoms with van der Waals surface area (Å²) < 4.78 is 16.1. The summed E-state index contributed by atoms with van der Waals surface area (Å²) >= 11 is 6.23. The zero-order valence-electron chi connectivity index (χ0n) is 21.3. The number of anilines is 1. The average Bonchev–Trinajstić information content (AvgIpc) is 3.67.